The van der Waals surface area contributed by atoms with Crippen molar-refractivity contribution in [3.63, 3.8) is 0 Å². The molecule has 0 saturated carbocycles. The van der Waals surface area contributed by atoms with Crippen LogP contribution in [0.4, 0.5) is 0 Å². The molecule has 1 aromatic carbocycles. The number of benzene rings is 1. The van der Waals surface area contributed by atoms with Crippen molar-refractivity contribution in [2.75, 3.05) is 6.61 Å². The molecule has 4 heteroatoms. The van der Waals surface area contributed by atoms with Crippen molar-refractivity contribution in [3.05, 3.63) is 53.3 Å². The minimum atomic E-state index is -0.619. The van der Waals surface area contributed by atoms with Crippen LogP contribution in [0.1, 0.15) is 31.6 Å². The van der Waals surface area contributed by atoms with Crippen LogP contribution >= 0.6 is 0 Å². The highest BCUT2D eigenvalue weighted by molar-refractivity contribution is 5.97. The Morgan fingerprint density at radius 3 is 2.58 bits per heavy atom. The number of ether oxygens (including phenoxy) is 1. The smallest absolute Gasteiger partial charge is 0.349 e. The van der Waals surface area contributed by atoms with E-state index in [0.717, 1.165) is 12.0 Å². The number of esters is 1. The second kappa shape index (κ2) is 8.16. The van der Waals surface area contributed by atoms with Crippen molar-refractivity contribution in [2.24, 2.45) is 5.92 Å². The first-order valence-electron chi connectivity index (χ1n) is 7.95. The maximum atomic E-state index is 11.9. The number of hydrogen-bond acceptors (Lipinski definition) is 4. The lowest BCUT2D eigenvalue weighted by atomic mass is 10.1. The van der Waals surface area contributed by atoms with Gasteiger partial charge in [-0.1, -0.05) is 43.7 Å². The normalized spacial score (nSPS) is 11.4. The number of furan rings is 1. The van der Waals surface area contributed by atoms with E-state index in [2.05, 4.69) is 0 Å². The third kappa shape index (κ3) is 4.85. The van der Waals surface area contributed by atoms with E-state index in [0.29, 0.717) is 24.0 Å². The SMILES string of the molecule is Cc1ccc(-c2ccc(/C=C(\C#N)C(=O)OCCC(C)C)o2)cc1. The quantitative estimate of drug-likeness (QED) is 0.437. The van der Waals surface area contributed by atoms with Gasteiger partial charge in [-0.3, -0.25) is 0 Å². The van der Waals surface area contributed by atoms with Crippen molar-refractivity contribution in [2.45, 2.75) is 27.2 Å². The molecule has 0 aliphatic heterocycles. The Balaban J connectivity index is 2.10. The van der Waals surface area contributed by atoms with Gasteiger partial charge in [0.25, 0.3) is 0 Å². The van der Waals surface area contributed by atoms with E-state index in [1.54, 1.807) is 6.07 Å². The highest BCUT2D eigenvalue weighted by Crippen LogP contribution is 2.23. The number of aryl methyl sites for hydroxylation is 1. The predicted octanol–water partition coefficient (Wildman–Crippen LogP) is 4.75. The summed E-state index contributed by atoms with van der Waals surface area (Å²) in [5.41, 5.74) is 2.04. The topological polar surface area (TPSA) is 63.2 Å². The van der Waals surface area contributed by atoms with Gasteiger partial charge >= 0.3 is 5.97 Å². The van der Waals surface area contributed by atoms with Gasteiger partial charge in [-0.25, -0.2) is 4.79 Å². The summed E-state index contributed by atoms with van der Waals surface area (Å²) in [7, 11) is 0. The summed E-state index contributed by atoms with van der Waals surface area (Å²) in [6.07, 6.45) is 2.18. The summed E-state index contributed by atoms with van der Waals surface area (Å²) in [6, 6.07) is 13.3. The average Bonchev–Trinajstić information content (AvgIpc) is 3.01. The molecule has 2 rings (SSSR count). The fourth-order valence-corrected chi connectivity index (χ4v) is 2.05. The van der Waals surface area contributed by atoms with Crippen LogP contribution in [0, 0.1) is 24.2 Å². The molecule has 0 N–H and O–H groups in total. The van der Waals surface area contributed by atoms with Gasteiger partial charge in [0.1, 0.15) is 23.2 Å². The molecular formula is C20H21NO3. The molecular weight excluding hydrogens is 302 g/mol. The first-order valence-corrected chi connectivity index (χ1v) is 7.95. The molecule has 1 heterocycles. The van der Waals surface area contributed by atoms with Gasteiger partial charge in [-0.05, 0) is 31.4 Å². The standard InChI is InChI=1S/C20H21NO3/c1-14(2)10-11-23-20(22)17(13-21)12-18-8-9-19(24-18)16-6-4-15(3)5-7-16/h4-9,12,14H,10-11H2,1-3H3/b17-12+. The number of nitriles is 1. The van der Waals surface area contributed by atoms with E-state index in [4.69, 9.17) is 14.4 Å². The molecule has 124 valence electrons. The lowest BCUT2D eigenvalue weighted by molar-refractivity contribution is -0.138. The predicted molar refractivity (Wildman–Crippen MR) is 92.9 cm³/mol. The maximum Gasteiger partial charge on any atom is 0.349 e. The Bertz CT molecular complexity index is 761. The zero-order chi connectivity index (χ0) is 17.5. The second-order valence-corrected chi connectivity index (χ2v) is 6.06. The highest BCUT2D eigenvalue weighted by atomic mass is 16.5. The Morgan fingerprint density at radius 1 is 1.25 bits per heavy atom. The van der Waals surface area contributed by atoms with Crippen LogP contribution in [0.5, 0.6) is 0 Å². The molecule has 24 heavy (non-hydrogen) atoms. The van der Waals surface area contributed by atoms with E-state index in [1.165, 1.54) is 11.6 Å². The number of hydrogen-bond donors (Lipinski definition) is 0. The van der Waals surface area contributed by atoms with Crippen molar-refractivity contribution in [1.82, 2.24) is 0 Å². The summed E-state index contributed by atoms with van der Waals surface area (Å²) in [5.74, 6) is 0.954. The van der Waals surface area contributed by atoms with Crippen LogP contribution in [0.2, 0.25) is 0 Å². The van der Waals surface area contributed by atoms with Crippen LogP contribution < -0.4 is 0 Å². The third-order valence-electron chi connectivity index (χ3n) is 3.52. The molecule has 0 fully saturated rings. The van der Waals surface area contributed by atoms with E-state index < -0.39 is 5.97 Å². The molecule has 0 spiro atoms. The van der Waals surface area contributed by atoms with Gasteiger partial charge in [0.05, 0.1) is 6.61 Å². The van der Waals surface area contributed by atoms with E-state index in [-0.39, 0.29) is 5.57 Å². The molecule has 0 aliphatic rings. The average molecular weight is 323 g/mol. The van der Waals surface area contributed by atoms with Crippen molar-refractivity contribution in [3.8, 4) is 17.4 Å². The van der Waals surface area contributed by atoms with Gasteiger partial charge in [-0.15, -0.1) is 0 Å². The fourth-order valence-electron chi connectivity index (χ4n) is 2.05. The van der Waals surface area contributed by atoms with Gasteiger partial charge in [0.15, 0.2) is 0 Å². The van der Waals surface area contributed by atoms with E-state index in [9.17, 15) is 4.79 Å². The van der Waals surface area contributed by atoms with Crippen molar-refractivity contribution >= 4 is 12.0 Å². The molecule has 0 aliphatic carbocycles. The number of carbonyl (C=O) groups is 1. The number of nitrogens with zero attached hydrogens (tertiary/aromatic N) is 1. The molecule has 1 aromatic heterocycles. The van der Waals surface area contributed by atoms with E-state index in [1.807, 2.05) is 57.2 Å². The Morgan fingerprint density at radius 2 is 1.96 bits per heavy atom. The first kappa shape index (κ1) is 17.6. The molecule has 0 saturated heterocycles. The van der Waals surface area contributed by atoms with Crippen LogP contribution in [-0.2, 0) is 9.53 Å². The summed E-state index contributed by atoms with van der Waals surface area (Å²) in [6.45, 7) is 6.42. The molecule has 0 bridgehead atoms. The van der Waals surface area contributed by atoms with Crippen molar-refractivity contribution < 1.29 is 13.9 Å². The van der Waals surface area contributed by atoms with Crippen LogP contribution in [-0.4, -0.2) is 12.6 Å². The number of rotatable bonds is 6. The maximum absolute atomic E-state index is 11.9. The zero-order valence-electron chi connectivity index (χ0n) is 14.2. The molecule has 0 amide bonds. The third-order valence-corrected chi connectivity index (χ3v) is 3.52. The van der Waals surface area contributed by atoms with Gasteiger partial charge < -0.3 is 9.15 Å². The van der Waals surface area contributed by atoms with E-state index >= 15 is 0 Å². The Kier molecular flexibility index (Phi) is 5.97. The van der Waals surface area contributed by atoms with Gasteiger partial charge in [0, 0.05) is 11.6 Å². The summed E-state index contributed by atoms with van der Waals surface area (Å²) < 4.78 is 10.8. The summed E-state index contributed by atoms with van der Waals surface area (Å²) in [4.78, 5) is 11.9. The largest absolute Gasteiger partial charge is 0.462 e. The van der Waals surface area contributed by atoms with Gasteiger partial charge in [0.2, 0.25) is 0 Å². The highest BCUT2D eigenvalue weighted by Gasteiger charge is 2.12. The molecule has 4 nitrogen and oxygen atoms in total. The molecule has 0 atom stereocenters. The zero-order valence-corrected chi connectivity index (χ0v) is 14.2. The summed E-state index contributed by atoms with van der Waals surface area (Å²) >= 11 is 0. The second-order valence-electron chi connectivity index (χ2n) is 6.06. The first-order chi connectivity index (χ1) is 11.5. The Hall–Kier alpha value is -2.80. The molecule has 2 aromatic rings. The van der Waals surface area contributed by atoms with Gasteiger partial charge in [-0.2, -0.15) is 5.26 Å². The molecule has 0 radical (unpaired) electrons. The monoisotopic (exact) mass is 323 g/mol. The fraction of sp³-hybridized carbons (Fsp3) is 0.300. The number of carbonyl (C=O) groups excluding carboxylic acids is 1. The van der Waals surface area contributed by atoms with Crippen molar-refractivity contribution in [1.29, 1.82) is 5.26 Å². The minimum Gasteiger partial charge on any atom is -0.462 e. The van der Waals surface area contributed by atoms with Crippen LogP contribution in [0.25, 0.3) is 17.4 Å². The lowest BCUT2D eigenvalue weighted by Crippen LogP contribution is -2.09. The molecule has 0 unspecified atom stereocenters. The lowest BCUT2D eigenvalue weighted by Gasteiger charge is -2.05. The summed E-state index contributed by atoms with van der Waals surface area (Å²) in [5, 5.41) is 9.16. The minimum absolute atomic E-state index is 0.0661. The van der Waals surface area contributed by atoms with Crippen LogP contribution in [0.3, 0.4) is 0 Å². The van der Waals surface area contributed by atoms with Crippen LogP contribution in [0.15, 0.2) is 46.4 Å². The Labute approximate surface area is 142 Å².